The van der Waals surface area contributed by atoms with Crippen LogP contribution >= 0.6 is 63.7 Å². The van der Waals surface area contributed by atoms with E-state index in [0.717, 1.165) is 44.0 Å². The number of nitrogens with zero attached hydrogens (tertiary/aromatic N) is 6. The van der Waals surface area contributed by atoms with Crippen LogP contribution in [0.25, 0.3) is 11.8 Å². The van der Waals surface area contributed by atoms with E-state index in [2.05, 4.69) is 102 Å². The third-order valence-electron chi connectivity index (χ3n) is 10.4. The van der Waals surface area contributed by atoms with Crippen LogP contribution in [-0.4, -0.2) is 84.9 Å². The van der Waals surface area contributed by atoms with Crippen molar-refractivity contribution in [2.24, 2.45) is 0 Å². The quantitative estimate of drug-likeness (QED) is 0.0358. The molecule has 0 spiro atoms. The van der Waals surface area contributed by atoms with Crippen LogP contribution in [0, 0.1) is 0 Å². The molecule has 0 saturated heterocycles. The van der Waals surface area contributed by atoms with Crippen molar-refractivity contribution in [3.8, 4) is 23.5 Å². The molecule has 0 saturated carbocycles. The van der Waals surface area contributed by atoms with Crippen molar-refractivity contribution in [3.63, 3.8) is 0 Å². The molecule has 0 radical (unpaired) electrons. The second-order valence-electron chi connectivity index (χ2n) is 17.2. The van der Waals surface area contributed by atoms with Crippen LogP contribution in [0.5, 0.6) is 23.5 Å². The van der Waals surface area contributed by atoms with E-state index in [4.69, 9.17) is 41.2 Å². The van der Waals surface area contributed by atoms with E-state index in [9.17, 15) is 13.5 Å². The normalized spacial score (nSPS) is 12.0. The topological polar surface area (TPSA) is 211 Å². The number of likely N-dealkylation sites (N-methyl/N-ethyl adjacent to an activating group) is 2. The van der Waals surface area contributed by atoms with Crippen molar-refractivity contribution < 1.29 is 54.7 Å². The Bertz CT molecular complexity index is 3300. The van der Waals surface area contributed by atoms with Gasteiger partial charge in [0.25, 0.3) is 23.5 Å². The zero-order valence-corrected chi connectivity index (χ0v) is 51.7. The van der Waals surface area contributed by atoms with E-state index >= 15 is 0 Å². The van der Waals surface area contributed by atoms with Crippen molar-refractivity contribution in [3.05, 3.63) is 222 Å². The number of hydrogen-bond acceptors (Lipinski definition) is 18. The lowest BCUT2D eigenvalue weighted by Gasteiger charge is -2.17. The standard InChI is InChI=1S/2C15H17BrN2O2.C14H14BrNO5S.C13H12BrNO3/c1-18(2)10-6-9-13-14(16)15(17-20-13)19-11-12-7-4-3-5-8-12;1-4-12(18(2)3)14-13(16)15(17-20-14)19-10-11-8-6-5-7-9-11;1-3-11(21-22(2,17)18)13-12(15)14(16-20-13)19-9-10-7-5-4-6-8-10;1-2-10(16)12-11(14)13(15-18-12)17-8-9-6-4-3-5-7-9/h3-9H,10-11H2,1-2H3;4-9,12H,1,10H2,2-3H3;3-8H,9H2,1-2H3;2-7,10,16H,1,8H2/b9-6+;;;/t;12-;;/m.0../s1. The van der Waals surface area contributed by atoms with Crippen LogP contribution in [-0.2, 0) is 40.7 Å². The van der Waals surface area contributed by atoms with Crippen molar-refractivity contribution in [2.75, 3.05) is 41.0 Å². The zero-order valence-electron chi connectivity index (χ0n) is 44.6. The Morgan fingerprint density at radius 2 is 0.975 bits per heavy atom. The average Bonchev–Trinajstić information content (AvgIpc) is 4.23. The fourth-order valence-electron chi connectivity index (χ4n) is 6.39. The van der Waals surface area contributed by atoms with Gasteiger partial charge >= 0.3 is 10.1 Å². The van der Waals surface area contributed by atoms with Crippen molar-refractivity contribution in [2.45, 2.75) is 45.5 Å². The predicted molar refractivity (Wildman–Crippen MR) is 319 cm³/mol. The number of ether oxygens (including phenoxy) is 4. The van der Waals surface area contributed by atoms with E-state index in [1.54, 1.807) is 13.0 Å². The minimum atomic E-state index is -3.66. The molecule has 4 aromatic heterocycles. The maximum atomic E-state index is 11.2. The smallest absolute Gasteiger partial charge is 0.306 e. The first kappa shape index (κ1) is 64.3. The summed E-state index contributed by atoms with van der Waals surface area (Å²) in [5, 5.41) is 25.0. The van der Waals surface area contributed by atoms with E-state index in [-0.39, 0.29) is 29.2 Å². The van der Waals surface area contributed by atoms with Gasteiger partial charge in [-0.05, 0) is 154 Å². The van der Waals surface area contributed by atoms with Crippen molar-refractivity contribution in [1.82, 2.24) is 30.4 Å². The monoisotopic (exact) mass is 1370 g/mol. The molecule has 8 aromatic rings. The number of rotatable bonds is 23. The number of benzene rings is 4. The average molecular weight is 1370 g/mol. The molecule has 0 bridgehead atoms. The minimum Gasteiger partial charge on any atom is -0.470 e. The van der Waals surface area contributed by atoms with Gasteiger partial charge in [-0.3, -0.25) is 4.90 Å². The highest BCUT2D eigenvalue weighted by molar-refractivity contribution is 9.11. The molecule has 0 aliphatic heterocycles. The summed E-state index contributed by atoms with van der Waals surface area (Å²) in [6, 6.07) is 39.1. The number of aliphatic hydroxyl groups is 1. The molecule has 18 nitrogen and oxygen atoms in total. The molecule has 8 rings (SSSR count). The SMILES string of the molecule is C=CC(O)c1onc(OCc2ccccc2)c1Br.C=C[C@@H](c1onc(OCc2ccccc2)c1Br)N(C)C.CC=C(OS(C)(=O)=O)c1onc(OCc2ccccc2)c1Br.CN(C)C/C=C/c1onc(OCc2ccccc2)c1Br. The Hall–Kier alpha value is -6.57. The van der Waals surface area contributed by atoms with Gasteiger partial charge in [-0.25, -0.2) is 0 Å². The van der Waals surface area contributed by atoms with Gasteiger partial charge in [0, 0.05) is 6.54 Å². The first-order chi connectivity index (χ1) is 38.4. The first-order valence-corrected chi connectivity index (χ1v) is 29.2. The summed E-state index contributed by atoms with van der Waals surface area (Å²) in [4.78, 5) is 4.05. The second-order valence-corrected chi connectivity index (χ2v) is 21.9. The largest absolute Gasteiger partial charge is 0.470 e. The van der Waals surface area contributed by atoms with Crippen LogP contribution in [0.2, 0.25) is 0 Å². The van der Waals surface area contributed by atoms with Crippen LogP contribution in [0.1, 0.15) is 64.4 Å². The molecule has 1 unspecified atom stereocenters. The van der Waals surface area contributed by atoms with Gasteiger partial charge in [-0.2, -0.15) is 8.42 Å². The highest BCUT2D eigenvalue weighted by atomic mass is 79.9. The van der Waals surface area contributed by atoms with Gasteiger partial charge < -0.3 is 51.2 Å². The summed E-state index contributed by atoms with van der Waals surface area (Å²) in [5.41, 5.74) is 4.17. The third kappa shape index (κ3) is 20.8. The molecule has 0 amide bonds. The highest BCUT2D eigenvalue weighted by Gasteiger charge is 2.25. The van der Waals surface area contributed by atoms with Gasteiger partial charge in [0.05, 0.1) is 12.3 Å². The summed E-state index contributed by atoms with van der Waals surface area (Å²) in [6.45, 7) is 11.4. The third-order valence-corrected chi connectivity index (χ3v) is 13.8. The van der Waals surface area contributed by atoms with Crippen LogP contribution in [0.4, 0.5) is 0 Å². The van der Waals surface area contributed by atoms with E-state index < -0.39 is 16.2 Å². The van der Waals surface area contributed by atoms with Crippen LogP contribution in [0.3, 0.4) is 0 Å². The number of aromatic nitrogens is 4. The lowest BCUT2D eigenvalue weighted by molar-refractivity contribution is 0.180. The number of allylic oxidation sites excluding steroid dienone is 1. The summed E-state index contributed by atoms with van der Waals surface area (Å²) >= 11 is 13.5. The Morgan fingerprint density at radius 1 is 0.588 bits per heavy atom. The van der Waals surface area contributed by atoms with Gasteiger partial charge in [0.1, 0.15) is 50.4 Å². The lowest BCUT2D eigenvalue weighted by Crippen LogP contribution is -2.17. The minimum absolute atomic E-state index is 0.0384. The molecular formula is C57H60Br4N6O12S. The molecule has 1 N–H and O–H groups in total. The fraction of sp³-hybridized carbons (Fsp3) is 0.228. The Morgan fingerprint density at radius 3 is 1.36 bits per heavy atom. The van der Waals surface area contributed by atoms with E-state index in [0.29, 0.717) is 64.5 Å². The summed E-state index contributed by atoms with van der Waals surface area (Å²) in [6.07, 6.45) is 8.55. The Labute approximate surface area is 499 Å². The molecule has 4 aromatic carbocycles. The molecule has 0 aliphatic carbocycles. The van der Waals surface area contributed by atoms with Crippen molar-refractivity contribution in [1.29, 1.82) is 0 Å². The van der Waals surface area contributed by atoms with Gasteiger partial charge in [0.15, 0.2) is 23.0 Å². The van der Waals surface area contributed by atoms with Crippen molar-refractivity contribution >= 4 is 85.7 Å². The molecule has 80 heavy (non-hydrogen) atoms. The Kier molecular flexibility index (Phi) is 26.7. The predicted octanol–water partition coefficient (Wildman–Crippen LogP) is 14.0. The summed E-state index contributed by atoms with van der Waals surface area (Å²) < 4.78 is 72.7. The second kappa shape index (κ2) is 33.2. The summed E-state index contributed by atoms with van der Waals surface area (Å²) in [5.74, 6) is 3.28. The van der Waals surface area contributed by atoms with E-state index in [1.807, 2.05) is 167 Å². The molecule has 424 valence electrons. The zero-order chi connectivity index (χ0) is 58.0. The molecule has 2 atom stereocenters. The number of halogens is 4. The molecule has 4 heterocycles. The van der Waals surface area contributed by atoms with Crippen LogP contribution in [0.15, 0.2) is 195 Å². The lowest BCUT2D eigenvalue weighted by atomic mass is 10.2. The maximum absolute atomic E-state index is 11.2. The number of aliphatic hydroxyl groups excluding tert-OH is 1. The molecule has 0 aliphatic rings. The summed E-state index contributed by atoms with van der Waals surface area (Å²) in [7, 11) is 4.25. The van der Waals surface area contributed by atoms with Gasteiger partial charge in [-0.15, -0.1) is 13.2 Å². The number of hydrogen-bond donors (Lipinski definition) is 1. The Balaban J connectivity index is 0.000000196. The van der Waals surface area contributed by atoms with Gasteiger partial charge in [0.2, 0.25) is 5.76 Å². The molecule has 0 fully saturated rings. The van der Waals surface area contributed by atoms with E-state index in [1.165, 1.54) is 12.2 Å². The fourth-order valence-corrected chi connectivity index (χ4v) is 8.72. The molecule has 23 heteroatoms. The van der Waals surface area contributed by atoms with Gasteiger partial charge in [-0.1, -0.05) is 140 Å². The molecular weight excluding hydrogens is 1310 g/mol. The maximum Gasteiger partial charge on any atom is 0.306 e. The van der Waals surface area contributed by atoms with Crippen LogP contribution < -0.4 is 18.9 Å². The highest BCUT2D eigenvalue weighted by Crippen LogP contribution is 2.37. The first-order valence-electron chi connectivity index (χ1n) is 24.2.